The minimum Gasteiger partial charge on any atom is -0.491 e. The molecule has 0 aliphatic heterocycles. The first-order chi connectivity index (χ1) is 11.7. The van der Waals surface area contributed by atoms with Crippen LogP contribution in [-0.4, -0.2) is 17.8 Å². The van der Waals surface area contributed by atoms with Crippen LogP contribution in [0.15, 0.2) is 40.1 Å². The molecule has 0 aliphatic rings. The van der Waals surface area contributed by atoms with E-state index in [1.807, 2.05) is 29.8 Å². The van der Waals surface area contributed by atoms with Gasteiger partial charge in [-0.3, -0.25) is 5.43 Å². The summed E-state index contributed by atoms with van der Waals surface area (Å²) >= 11 is 15.5. The molecule has 0 saturated heterocycles. The van der Waals surface area contributed by atoms with Crippen LogP contribution in [0.1, 0.15) is 12.5 Å². The number of anilines is 1. The number of thiazole rings is 1. The molecule has 124 valence electrons. The fraction of sp³-hybridized carbons (Fsp3) is 0.125. The molecule has 0 saturated carbocycles. The molecule has 0 unspecified atom stereocenters. The van der Waals surface area contributed by atoms with E-state index < -0.39 is 0 Å². The Bertz CT molecular complexity index is 824. The summed E-state index contributed by atoms with van der Waals surface area (Å²) in [6.45, 7) is 2.38. The van der Waals surface area contributed by atoms with Gasteiger partial charge in [0.05, 0.1) is 33.4 Å². The van der Waals surface area contributed by atoms with Crippen LogP contribution in [0.25, 0.3) is 10.6 Å². The summed E-state index contributed by atoms with van der Waals surface area (Å²) in [5.41, 5.74) is 4.64. The lowest BCUT2D eigenvalue weighted by atomic mass is 10.2. The standard InChI is InChI=1S/C16H13Cl2N3OS2/c1-2-22-15-11(17)6-10(7-12(15)18)8-19-21-16-20-13(9-24-16)14-4-3-5-23-14/h3-9H,2H2,1H3,(H,20,21)/b19-8-. The first-order valence-electron chi connectivity index (χ1n) is 7.07. The number of aromatic nitrogens is 1. The van der Waals surface area contributed by atoms with Gasteiger partial charge in [0.25, 0.3) is 0 Å². The quantitative estimate of drug-likeness (QED) is 0.408. The summed E-state index contributed by atoms with van der Waals surface area (Å²) in [4.78, 5) is 5.62. The number of thiophene rings is 1. The molecule has 1 N–H and O–H groups in total. The molecule has 1 aromatic carbocycles. The summed E-state index contributed by atoms with van der Waals surface area (Å²) in [5.74, 6) is 0.492. The largest absolute Gasteiger partial charge is 0.491 e. The minimum atomic E-state index is 0.458. The van der Waals surface area contributed by atoms with Crippen LogP contribution in [0.3, 0.4) is 0 Å². The molecule has 4 nitrogen and oxygen atoms in total. The molecule has 0 fully saturated rings. The van der Waals surface area contributed by atoms with E-state index in [0.717, 1.165) is 21.3 Å². The number of benzene rings is 1. The van der Waals surface area contributed by atoms with Crippen LogP contribution in [0.5, 0.6) is 5.75 Å². The third-order valence-corrected chi connectivity index (χ3v) is 5.16. The Morgan fingerprint density at radius 2 is 2.08 bits per heavy atom. The summed E-state index contributed by atoms with van der Waals surface area (Å²) in [5, 5.41) is 9.84. The smallest absolute Gasteiger partial charge is 0.203 e. The van der Waals surface area contributed by atoms with Crippen LogP contribution in [-0.2, 0) is 0 Å². The highest BCUT2D eigenvalue weighted by Crippen LogP contribution is 2.34. The number of nitrogens with one attached hydrogen (secondary N) is 1. The van der Waals surface area contributed by atoms with Crippen molar-refractivity contribution in [1.82, 2.24) is 4.98 Å². The zero-order valence-corrected chi connectivity index (χ0v) is 15.8. The second-order valence-corrected chi connectivity index (χ2v) is 7.25. The van der Waals surface area contributed by atoms with Gasteiger partial charge in [0.2, 0.25) is 5.13 Å². The molecule has 3 rings (SSSR count). The van der Waals surface area contributed by atoms with Gasteiger partial charge >= 0.3 is 0 Å². The number of hydrazone groups is 1. The van der Waals surface area contributed by atoms with Crippen molar-refractivity contribution in [3.05, 3.63) is 50.6 Å². The number of hydrogen-bond donors (Lipinski definition) is 1. The Morgan fingerprint density at radius 3 is 2.75 bits per heavy atom. The van der Waals surface area contributed by atoms with Gasteiger partial charge in [-0.15, -0.1) is 22.7 Å². The maximum absolute atomic E-state index is 6.17. The van der Waals surface area contributed by atoms with Gasteiger partial charge in [0.1, 0.15) is 0 Å². The lowest BCUT2D eigenvalue weighted by molar-refractivity contribution is 0.340. The van der Waals surface area contributed by atoms with Gasteiger partial charge in [0.15, 0.2) is 5.75 Å². The average molecular weight is 398 g/mol. The molecule has 0 atom stereocenters. The maximum Gasteiger partial charge on any atom is 0.203 e. The number of nitrogens with zero attached hydrogens (tertiary/aromatic N) is 2. The Hall–Kier alpha value is -1.60. The van der Waals surface area contributed by atoms with Crippen molar-refractivity contribution in [2.24, 2.45) is 5.10 Å². The van der Waals surface area contributed by atoms with Crippen molar-refractivity contribution in [2.45, 2.75) is 6.92 Å². The predicted molar refractivity (Wildman–Crippen MR) is 104 cm³/mol. The fourth-order valence-electron chi connectivity index (χ4n) is 1.96. The Balaban J connectivity index is 1.68. The van der Waals surface area contributed by atoms with E-state index in [9.17, 15) is 0 Å². The molecule has 0 radical (unpaired) electrons. The minimum absolute atomic E-state index is 0.458. The van der Waals surface area contributed by atoms with Crippen molar-refractivity contribution >= 4 is 57.2 Å². The molecule has 0 spiro atoms. The lowest BCUT2D eigenvalue weighted by Crippen LogP contribution is -1.95. The number of hydrogen-bond acceptors (Lipinski definition) is 6. The normalized spacial score (nSPS) is 11.1. The third-order valence-electron chi connectivity index (χ3n) is 2.96. The molecule has 2 aromatic heterocycles. The van der Waals surface area contributed by atoms with Crippen molar-refractivity contribution in [2.75, 3.05) is 12.0 Å². The van der Waals surface area contributed by atoms with E-state index in [-0.39, 0.29) is 0 Å². The number of halogens is 2. The summed E-state index contributed by atoms with van der Waals surface area (Å²) in [7, 11) is 0. The van der Waals surface area contributed by atoms with Crippen LogP contribution < -0.4 is 10.2 Å². The number of ether oxygens (including phenoxy) is 1. The van der Waals surface area contributed by atoms with Crippen LogP contribution >= 0.6 is 45.9 Å². The fourth-order valence-corrected chi connectivity index (χ4v) is 3.99. The molecule has 8 heteroatoms. The van der Waals surface area contributed by atoms with Gasteiger partial charge in [-0.25, -0.2) is 4.98 Å². The Kier molecular flexibility index (Phi) is 5.73. The van der Waals surface area contributed by atoms with E-state index in [0.29, 0.717) is 22.4 Å². The first kappa shape index (κ1) is 17.2. The van der Waals surface area contributed by atoms with Gasteiger partial charge < -0.3 is 4.74 Å². The second-order valence-electron chi connectivity index (χ2n) is 4.63. The van der Waals surface area contributed by atoms with Crippen LogP contribution in [0.4, 0.5) is 5.13 Å². The van der Waals surface area contributed by atoms with Gasteiger partial charge in [-0.05, 0) is 36.1 Å². The zero-order valence-electron chi connectivity index (χ0n) is 12.6. The van der Waals surface area contributed by atoms with Crippen molar-refractivity contribution < 1.29 is 4.74 Å². The SMILES string of the molecule is CCOc1c(Cl)cc(/C=N\Nc2nc(-c3cccs3)cs2)cc1Cl. The van der Waals surface area contributed by atoms with Gasteiger partial charge in [0, 0.05) is 5.38 Å². The molecule has 2 heterocycles. The predicted octanol–water partition coefficient (Wildman–Crippen LogP) is 6.02. The van der Waals surface area contributed by atoms with Crippen LogP contribution in [0, 0.1) is 0 Å². The molecule has 0 amide bonds. The highest BCUT2D eigenvalue weighted by molar-refractivity contribution is 7.15. The summed E-state index contributed by atoms with van der Waals surface area (Å²) in [6.07, 6.45) is 1.64. The highest BCUT2D eigenvalue weighted by atomic mass is 35.5. The molecule has 0 bridgehead atoms. The van der Waals surface area contributed by atoms with E-state index >= 15 is 0 Å². The van der Waals surface area contributed by atoms with Crippen molar-refractivity contribution in [3.63, 3.8) is 0 Å². The van der Waals surface area contributed by atoms with E-state index in [2.05, 4.69) is 15.5 Å². The Labute approximate surface area is 157 Å². The first-order valence-corrected chi connectivity index (χ1v) is 9.59. The van der Waals surface area contributed by atoms with E-state index in [1.54, 1.807) is 29.7 Å². The lowest BCUT2D eigenvalue weighted by Gasteiger charge is -2.08. The van der Waals surface area contributed by atoms with Gasteiger partial charge in [-0.1, -0.05) is 29.3 Å². The van der Waals surface area contributed by atoms with Crippen molar-refractivity contribution in [1.29, 1.82) is 0 Å². The van der Waals surface area contributed by atoms with Crippen molar-refractivity contribution in [3.8, 4) is 16.3 Å². The van der Waals surface area contributed by atoms with Crippen LogP contribution in [0.2, 0.25) is 10.0 Å². The Morgan fingerprint density at radius 1 is 1.29 bits per heavy atom. The molecular weight excluding hydrogens is 385 g/mol. The second kappa shape index (κ2) is 7.98. The average Bonchev–Trinajstić information content (AvgIpc) is 3.22. The van der Waals surface area contributed by atoms with E-state index in [4.69, 9.17) is 27.9 Å². The highest BCUT2D eigenvalue weighted by Gasteiger charge is 2.08. The summed E-state index contributed by atoms with van der Waals surface area (Å²) < 4.78 is 5.40. The molecule has 3 aromatic rings. The molecule has 0 aliphatic carbocycles. The molecular formula is C16H13Cl2N3OS2. The monoisotopic (exact) mass is 397 g/mol. The summed E-state index contributed by atoms with van der Waals surface area (Å²) in [6, 6.07) is 7.55. The van der Waals surface area contributed by atoms with Gasteiger partial charge in [-0.2, -0.15) is 5.10 Å². The maximum atomic E-state index is 6.17. The zero-order chi connectivity index (χ0) is 16.9. The number of rotatable bonds is 6. The van der Waals surface area contributed by atoms with E-state index in [1.165, 1.54) is 11.3 Å². The third kappa shape index (κ3) is 4.08. The topological polar surface area (TPSA) is 46.5 Å². The molecule has 24 heavy (non-hydrogen) atoms.